The van der Waals surface area contributed by atoms with Gasteiger partial charge in [-0.1, -0.05) is 0 Å². The van der Waals surface area contributed by atoms with Gasteiger partial charge in [-0.2, -0.15) is 0 Å². The highest BCUT2D eigenvalue weighted by Gasteiger charge is 2.56. The molecule has 2 fully saturated rings. The number of carbonyl (C=O) groups excluding carboxylic acids is 3. The van der Waals surface area contributed by atoms with Crippen LogP contribution in [-0.2, 0) is 33.3 Å². The Morgan fingerprint density at radius 1 is 1.00 bits per heavy atom. The molecular weight excluding hydrogens is 292 g/mol. The van der Waals surface area contributed by atoms with Gasteiger partial charge in [0.05, 0.1) is 26.4 Å². The van der Waals surface area contributed by atoms with Gasteiger partial charge in [0.1, 0.15) is 5.78 Å². The number of esters is 2. The van der Waals surface area contributed by atoms with E-state index in [9.17, 15) is 14.4 Å². The van der Waals surface area contributed by atoms with Gasteiger partial charge in [0.25, 0.3) is 0 Å². The molecule has 7 nitrogen and oxygen atoms in total. The van der Waals surface area contributed by atoms with Crippen molar-refractivity contribution < 1.29 is 33.3 Å². The summed E-state index contributed by atoms with van der Waals surface area (Å²) >= 11 is 0. The van der Waals surface area contributed by atoms with E-state index in [-0.39, 0.29) is 32.2 Å². The van der Waals surface area contributed by atoms with Gasteiger partial charge < -0.3 is 18.9 Å². The SMILES string of the molecule is CCOC(=O)C1(C(=O)OCC)COC2(CCC(=O)CC2)OC1. The zero-order chi connectivity index (χ0) is 16.2. The molecule has 124 valence electrons. The lowest BCUT2D eigenvalue weighted by molar-refractivity contribution is -0.308. The smallest absolute Gasteiger partial charge is 0.328 e. The third-order valence-corrected chi connectivity index (χ3v) is 4.07. The van der Waals surface area contributed by atoms with E-state index in [0.29, 0.717) is 25.7 Å². The van der Waals surface area contributed by atoms with E-state index in [1.165, 1.54) is 0 Å². The van der Waals surface area contributed by atoms with E-state index in [2.05, 4.69) is 0 Å². The first-order valence-corrected chi connectivity index (χ1v) is 7.62. The maximum atomic E-state index is 12.2. The molecule has 0 N–H and O–H groups in total. The Morgan fingerprint density at radius 2 is 1.45 bits per heavy atom. The van der Waals surface area contributed by atoms with E-state index in [1.54, 1.807) is 13.8 Å². The summed E-state index contributed by atoms with van der Waals surface area (Å²) in [4.78, 5) is 35.8. The second kappa shape index (κ2) is 6.75. The molecule has 1 aliphatic carbocycles. The second-order valence-corrected chi connectivity index (χ2v) is 5.55. The van der Waals surface area contributed by atoms with E-state index >= 15 is 0 Å². The average Bonchev–Trinajstić information content (AvgIpc) is 2.52. The van der Waals surface area contributed by atoms with Crippen LogP contribution in [0.3, 0.4) is 0 Å². The van der Waals surface area contributed by atoms with Crippen molar-refractivity contribution in [2.75, 3.05) is 26.4 Å². The predicted molar refractivity (Wildman–Crippen MR) is 73.8 cm³/mol. The number of hydrogen-bond donors (Lipinski definition) is 0. The van der Waals surface area contributed by atoms with E-state index in [4.69, 9.17) is 18.9 Å². The number of ether oxygens (including phenoxy) is 4. The molecule has 1 saturated heterocycles. The van der Waals surface area contributed by atoms with Crippen molar-refractivity contribution in [1.29, 1.82) is 0 Å². The van der Waals surface area contributed by atoms with Crippen molar-refractivity contribution in [2.45, 2.75) is 45.3 Å². The van der Waals surface area contributed by atoms with Crippen LogP contribution in [0.15, 0.2) is 0 Å². The fourth-order valence-electron chi connectivity index (χ4n) is 2.65. The molecule has 2 rings (SSSR count). The third kappa shape index (κ3) is 3.15. The monoisotopic (exact) mass is 314 g/mol. The van der Waals surface area contributed by atoms with Crippen molar-refractivity contribution in [1.82, 2.24) is 0 Å². The molecule has 0 amide bonds. The number of hydrogen-bond acceptors (Lipinski definition) is 7. The summed E-state index contributed by atoms with van der Waals surface area (Å²) in [6, 6.07) is 0. The molecule has 0 aromatic heterocycles. The molecule has 1 heterocycles. The molecule has 2 aliphatic rings. The molecule has 0 aromatic rings. The molecule has 0 atom stereocenters. The van der Waals surface area contributed by atoms with Crippen molar-refractivity contribution in [3.8, 4) is 0 Å². The lowest BCUT2D eigenvalue weighted by atomic mass is 9.86. The highest BCUT2D eigenvalue weighted by atomic mass is 16.7. The van der Waals surface area contributed by atoms with Crippen LogP contribution in [0.25, 0.3) is 0 Å². The Morgan fingerprint density at radius 3 is 1.86 bits per heavy atom. The normalized spacial score (nSPS) is 23.1. The Labute approximate surface area is 129 Å². The lowest BCUT2D eigenvalue weighted by Gasteiger charge is -2.44. The first-order chi connectivity index (χ1) is 10.5. The predicted octanol–water partition coefficient (Wildman–Crippen LogP) is 0.985. The summed E-state index contributed by atoms with van der Waals surface area (Å²) in [6.45, 7) is 3.32. The van der Waals surface area contributed by atoms with Gasteiger partial charge in [-0.05, 0) is 13.8 Å². The van der Waals surface area contributed by atoms with Crippen molar-refractivity contribution in [3.05, 3.63) is 0 Å². The summed E-state index contributed by atoms with van der Waals surface area (Å²) in [5, 5.41) is 0. The summed E-state index contributed by atoms with van der Waals surface area (Å²) in [5.74, 6) is -2.10. The maximum Gasteiger partial charge on any atom is 0.328 e. The maximum absolute atomic E-state index is 12.2. The van der Waals surface area contributed by atoms with Crippen LogP contribution in [0.2, 0.25) is 0 Å². The zero-order valence-electron chi connectivity index (χ0n) is 13.0. The molecule has 0 radical (unpaired) electrons. The molecule has 0 bridgehead atoms. The molecule has 0 aromatic carbocycles. The fourth-order valence-corrected chi connectivity index (χ4v) is 2.65. The lowest BCUT2D eigenvalue weighted by Crippen LogP contribution is -2.58. The van der Waals surface area contributed by atoms with Crippen molar-refractivity contribution >= 4 is 17.7 Å². The molecule has 0 unspecified atom stereocenters. The average molecular weight is 314 g/mol. The van der Waals surface area contributed by atoms with Crippen LogP contribution in [0.1, 0.15) is 39.5 Å². The van der Waals surface area contributed by atoms with Gasteiger partial charge in [-0.25, -0.2) is 0 Å². The number of Topliss-reactive ketones (excluding diaryl/α,β-unsaturated/α-hetero) is 1. The van der Waals surface area contributed by atoms with E-state index in [0.717, 1.165) is 0 Å². The quantitative estimate of drug-likeness (QED) is 0.564. The Bertz CT molecular complexity index is 417. The molecule has 1 saturated carbocycles. The number of rotatable bonds is 4. The molecular formula is C15H22O7. The number of carbonyl (C=O) groups is 3. The van der Waals surface area contributed by atoms with Crippen LogP contribution in [0.5, 0.6) is 0 Å². The van der Waals surface area contributed by atoms with Gasteiger partial charge in [-0.3, -0.25) is 14.4 Å². The Kier molecular flexibility index (Phi) is 5.18. The first kappa shape index (κ1) is 16.9. The van der Waals surface area contributed by atoms with Crippen LogP contribution < -0.4 is 0 Å². The topological polar surface area (TPSA) is 88.1 Å². The fraction of sp³-hybridized carbons (Fsp3) is 0.800. The summed E-state index contributed by atoms with van der Waals surface area (Å²) in [7, 11) is 0. The van der Waals surface area contributed by atoms with Gasteiger partial charge in [0, 0.05) is 25.7 Å². The second-order valence-electron chi connectivity index (χ2n) is 5.55. The van der Waals surface area contributed by atoms with Gasteiger partial charge in [-0.15, -0.1) is 0 Å². The van der Waals surface area contributed by atoms with Crippen LogP contribution in [-0.4, -0.2) is 49.9 Å². The van der Waals surface area contributed by atoms with Crippen LogP contribution >= 0.6 is 0 Å². The minimum atomic E-state index is -1.58. The largest absolute Gasteiger partial charge is 0.465 e. The third-order valence-electron chi connectivity index (χ3n) is 4.07. The summed E-state index contributed by atoms with van der Waals surface area (Å²) in [6.07, 6.45) is 1.64. The first-order valence-electron chi connectivity index (χ1n) is 7.62. The summed E-state index contributed by atoms with van der Waals surface area (Å²) in [5.41, 5.74) is -1.58. The Hall–Kier alpha value is -1.47. The van der Waals surface area contributed by atoms with Crippen LogP contribution in [0, 0.1) is 5.41 Å². The minimum Gasteiger partial charge on any atom is -0.465 e. The van der Waals surface area contributed by atoms with E-state index in [1.807, 2.05) is 0 Å². The molecule has 7 heteroatoms. The van der Waals surface area contributed by atoms with Crippen molar-refractivity contribution in [2.24, 2.45) is 5.41 Å². The molecule has 1 aliphatic heterocycles. The van der Waals surface area contributed by atoms with Crippen molar-refractivity contribution in [3.63, 3.8) is 0 Å². The standard InChI is InChI=1S/C15H22O7/c1-3-19-12(17)14(13(18)20-4-2)9-21-15(22-10-14)7-5-11(16)6-8-15/h3-10H2,1-2H3. The van der Waals surface area contributed by atoms with Gasteiger partial charge in [0.2, 0.25) is 5.41 Å². The molecule has 1 spiro atoms. The summed E-state index contributed by atoms with van der Waals surface area (Å²) < 4.78 is 21.4. The van der Waals surface area contributed by atoms with Crippen LogP contribution in [0.4, 0.5) is 0 Å². The zero-order valence-corrected chi connectivity index (χ0v) is 13.0. The number of ketones is 1. The van der Waals surface area contributed by atoms with Gasteiger partial charge >= 0.3 is 11.9 Å². The molecule has 22 heavy (non-hydrogen) atoms. The minimum absolute atomic E-state index is 0.152. The Balaban J connectivity index is 2.12. The van der Waals surface area contributed by atoms with E-state index < -0.39 is 23.1 Å². The highest BCUT2D eigenvalue weighted by molar-refractivity contribution is 6.00. The highest BCUT2D eigenvalue weighted by Crippen LogP contribution is 2.39. The van der Waals surface area contributed by atoms with Gasteiger partial charge in [0.15, 0.2) is 5.79 Å².